The molecule has 3 aliphatic rings. The fourth-order valence-electron chi connectivity index (χ4n) is 4.85. The lowest BCUT2D eigenvalue weighted by atomic mass is 10.1. The number of pyridine rings is 1. The number of piperazine rings is 1. The first-order valence-corrected chi connectivity index (χ1v) is 13.1. The van der Waals surface area contributed by atoms with Crippen molar-refractivity contribution in [1.82, 2.24) is 9.88 Å². The van der Waals surface area contributed by atoms with Gasteiger partial charge in [-0.1, -0.05) is 13.0 Å². The predicted molar refractivity (Wildman–Crippen MR) is 126 cm³/mol. The summed E-state index contributed by atoms with van der Waals surface area (Å²) in [7, 11) is -3.44. The van der Waals surface area contributed by atoms with Gasteiger partial charge in [0.25, 0.3) is 5.91 Å². The van der Waals surface area contributed by atoms with Crippen molar-refractivity contribution in [2.75, 3.05) is 47.7 Å². The van der Waals surface area contributed by atoms with Gasteiger partial charge in [-0.25, -0.2) is 17.8 Å². The molecule has 2 aliphatic heterocycles. The van der Waals surface area contributed by atoms with E-state index in [0.29, 0.717) is 38.6 Å². The Balaban J connectivity index is 1.25. The summed E-state index contributed by atoms with van der Waals surface area (Å²) in [5.41, 5.74) is 2.70. The quantitative estimate of drug-likeness (QED) is 0.684. The summed E-state index contributed by atoms with van der Waals surface area (Å²) in [6, 6.07) is 6.31. The van der Waals surface area contributed by atoms with Gasteiger partial charge in [0.1, 0.15) is 11.6 Å². The van der Waals surface area contributed by atoms with Crippen molar-refractivity contribution in [3.8, 4) is 0 Å². The van der Waals surface area contributed by atoms with E-state index in [1.807, 2.05) is 13.1 Å². The van der Waals surface area contributed by atoms with E-state index in [-0.39, 0.29) is 28.8 Å². The van der Waals surface area contributed by atoms with E-state index in [1.165, 1.54) is 34.8 Å². The van der Waals surface area contributed by atoms with Crippen LogP contribution in [0.2, 0.25) is 0 Å². The number of carbonyl (C=O) groups is 1. The average molecular weight is 473 g/mol. The first kappa shape index (κ1) is 22.1. The molecule has 2 aromatic rings. The zero-order chi connectivity index (χ0) is 23.3. The van der Waals surface area contributed by atoms with Gasteiger partial charge in [-0.3, -0.25) is 9.10 Å². The molecular weight excluding hydrogens is 443 g/mol. The molecule has 7 nitrogen and oxygen atoms in total. The molecule has 0 bridgehead atoms. The molecule has 1 aromatic heterocycles. The molecule has 0 spiro atoms. The van der Waals surface area contributed by atoms with Crippen LogP contribution >= 0.6 is 0 Å². The van der Waals surface area contributed by atoms with Gasteiger partial charge in [-0.05, 0) is 60.9 Å². The minimum atomic E-state index is -3.44. The number of nitrogens with zero attached hydrogens (tertiary/aromatic N) is 4. The number of benzene rings is 1. The zero-order valence-electron chi connectivity index (χ0n) is 19.0. The van der Waals surface area contributed by atoms with E-state index in [1.54, 1.807) is 4.90 Å². The van der Waals surface area contributed by atoms with Crippen LogP contribution in [0.4, 0.5) is 15.9 Å². The van der Waals surface area contributed by atoms with Gasteiger partial charge in [0.15, 0.2) is 0 Å². The summed E-state index contributed by atoms with van der Waals surface area (Å²) in [6.45, 7) is 6.46. The third kappa shape index (κ3) is 4.30. The molecule has 3 heterocycles. The van der Waals surface area contributed by atoms with Crippen molar-refractivity contribution in [2.45, 2.75) is 32.6 Å². The molecule has 9 heteroatoms. The summed E-state index contributed by atoms with van der Waals surface area (Å²) in [4.78, 5) is 21.5. The molecule has 3 fully saturated rings. The first-order chi connectivity index (χ1) is 15.7. The third-order valence-corrected chi connectivity index (χ3v) is 8.79. The van der Waals surface area contributed by atoms with E-state index in [4.69, 9.17) is 0 Å². The Morgan fingerprint density at radius 2 is 1.85 bits per heavy atom. The van der Waals surface area contributed by atoms with Crippen molar-refractivity contribution in [1.29, 1.82) is 0 Å². The molecule has 176 valence electrons. The average Bonchev–Trinajstić information content (AvgIpc) is 3.58. The number of anilines is 2. The number of carbonyl (C=O) groups excluding carboxylic acids is 1. The predicted octanol–water partition coefficient (Wildman–Crippen LogP) is 3.15. The van der Waals surface area contributed by atoms with Gasteiger partial charge in [0.2, 0.25) is 10.0 Å². The Labute approximate surface area is 194 Å². The summed E-state index contributed by atoms with van der Waals surface area (Å²) in [5.74, 6) is 0.585. The lowest BCUT2D eigenvalue weighted by Crippen LogP contribution is -2.49. The molecule has 33 heavy (non-hydrogen) atoms. The van der Waals surface area contributed by atoms with Crippen LogP contribution in [0.1, 0.15) is 47.2 Å². The van der Waals surface area contributed by atoms with E-state index in [0.717, 1.165) is 17.4 Å². The van der Waals surface area contributed by atoms with Crippen LogP contribution in [0.25, 0.3) is 0 Å². The summed E-state index contributed by atoms with van der Waals surface area (Å²) >= 11 is 0. The van der Waals surface area contributed by atoms with E-state index in [9.17, 15) is 17.6 Å². The van der Waals surface area contributed by atoms with Crippen LogP contribution in [0.15, 0.2) is 30.5 Å². The maximum Gasteiger partial charge on any atom is 0.256 e. The molecule has 1 amide bonds. The van der Waals surface area contributed by atoms with E-state index in [2.05, 4.69) is 22.9 Å². The summed E-state index contributed by atoms with van der Waals surface area (Å²) < 4.78 is 40.7. The Morgan fingerprint density at radius 1 is 1.12 bits per heavy atom. The minimum Gasteiger partial charge on any atom is -0.353 e. The van der Waals surface area contributed by atoms with Gasteiger partial charge in [0, 0.05) is 38.9 Å². The second-order valence-corrected chi connectivity index (χ2v) is 11.5. The van der Waals surface area contributed by atoms with Crippen molar-refractivity contribution in [2.24, 2.45) is 5.92 Å². The number of amides is 1. The molecule has 0 radical (unpaired) electrons. The van der Waals surface area contributed by atoms with Crippen LogP contribution in [0, 0.1) is 18.7 Å². The van der Waals surface area contributed by atoms with Crippen molar-refractivity contribution >= 4 is 27.4 Å². The number of halogens is 1. The smallest absolute Gasteiger partial charge is 0.256 e. The number of sulfonamides is 1. The molecule has 0 unspecified atom stereocenters. The molecule has 1 aliphatic carbocycles. The maximum atomic E-state index is 14.9. The van der Waals surface area contributed by atoms with Gasteiger partial charge in [0.05, 0.1) is 17.0 Å². The third-order valence-electron chi connectivity index (χ3n) is 6.77. The molecule has 1 atom stereocenters. The van der Waals surface area contributed by atoms with Gasteiger partial charge in [-0.2, -0.15) is 0 Å². The van der Waals surface area contributed by atoms with Crippen LogP contribution in [-0.2, 0) is 10.0 Å². The molecule has 0 N–H and O–H groups in total. The second-order valence-electron chi connectivity index (χ2n) is 9.54. The van der Waals surface area contributed by atoms with Gasteiger partial charge in [-0.15, -0.1) is 0 Å². The van der Waals surface area contributed by atoms with E-state index >= 15 is 0 Å². The van der Waals surface area contributed by atoms with Crippen molar-refractivity contribution in [3.05, 3.63) is 53.0 Å². The Morgan fingerprint density at radius 3 is 2.42 bits per heavy atom. The van der Waals surface area contributed by atoms with Crippen LogP contribution in [0.3, 0.4) is 0 Å². The highest BCUT2D eigenvalue weighted by Crippen LogP contribution is 2.40. The molecule has 5 rings (SSSR count). The fourth-order valence-corrected chi connectivity index (χ4v) is 6.77. The SMILES string of the molecule is Cc1cc(C2CC2)cnc1N1CCN(C(=O)c2ccc(N3C[C@@H](C)CS3(=O)=O)cc2F)CC1. The van der Waals surface area contributed by atoms with Crippen LogP contribution in [0.5, 0.6) is 0 Å². The van der Waals surface area contributed by atoms with Crippen molar-refractivity contribution < 1.29 is 17.6 Å². The van der Waals surface area contributed by atoms with Crippen LogP contribution in [-0.4, -0.2) is 62.7 Å². The van der Waals surface area contributed by atoms with Crippen LogP contribution < -0.4 is 9.21 Å². The highest BCUT2D eigenvalue weighted by molar-refractivity contribution is 7.93. The first-order valence-electron chi connectivity index (χ1n) is 11.5. The fraction of sp³-hybridized carbons (Fsp3) is 0.500. The number of aromatic nitrogens is 1. The monoisotopic (exact) mass is 472 g/mol. The highest BCUT2D eigenvalue weighted by Gasteiger charge is 2.34. The Bertz CT molecular complexity index is 1190. The van der Waals surface area contributed by atoms with Crippen molar-refractivity contribution in [3.63, 3.8) is 0 Å². The summed E-state index contributed by atoms with van der Waals surface area (Å²) in [6.07, 6.45) is 4.45. The normalized spacial score (nSPS) is 22.6. The minimum absolute atomic E-state index is 0.0151. The zero-order valence-corrected chi connectivity index (χ0v) is 19.8. The number of aryl methyl sites for hydroxylation is 1. The van der Waals surface area contributed by atoms with E-state index < -0.39 is 15.8 Å². The number of hydrogen-bond acceptors (Lipinski definition) is 5. The Kier molecular flexibility index (Phi) is 5.55. The highest BCUT2D eigenvalue weighted by atomic mass is 32.2. The molecular formula is C24H29FN4O3S. The number of hydrogen-bond donors (Lipinski definition) is 0. The Hall–Kier alpha value is -2.68. The van der Waals surface area contributed by atoms with Gasteiger partial charge < -0.3 is 9.80 Å². The maximum absolute atomic E-state index is 14.9. The lowest BCUT2D eigenvalue weighted by Gasteiger charge is -2.36. The second kappa shape index (κ2) is 8.27. The number of rotatable bonds is 4. The molecule has 2 saturated heterocycles. The molecule has 1 aromatic carbocycles. The van der Waals surface area contributed by atoms with Gasteiger partial charge >= 0.3 is 0 Å². The lowest BCUT2D eigenvalue weighted by molar-refractivity contribution is 0.0742. The molecule has 1 saturated carbocycles. The summed E-state index contributed by atoms with van der Waals surface area (Å²) in [5, 5.41) is 0. The topological polar surface area (TPSA) is 73.8 Å². The largest absolute Gasteiger partial charge is 0.353 e. The standard InChI is InChI=1S/C24H29FN4O3S/c1-16-14-29(33(31,32)15-16)20-5-6-21(22(25)12-20)24(30)28-9-7-27(8-10-28)23-17(2)11-19(13-26-23)18-3-4-18/h5-6,11-13,16,18H,3-4,7-10,14-15H2,1-2H3/t16-/m1/s1.